The van der Waals surface area contributed by atoms with Crippen molar-refractivity contribution in [3.63, 3.8) is 0 Å². The molecule has 1 aromatic rings. The summed E-state index contributed by atoms with van der Waals surface area (Å²) in [6, 6.07) is 9.99. The van der Waals surface area contributed by atoms with Gasteiger partial charge in [-0.25, -0.2) is 0 Å². The Hall–Kier alpha value is -1.39. The molecule has 1 aliphatic heterocycles. The molecule has 3 atom stereocenters. The predicted octanol–water partition coefficient (Wildman–Crippen LogP) is 2.27. The van der Waals surface area contributed by atoms with Crippen LogP contribution in [0.5, 0.6) is 0 Å². The average Bonchev–Trinajstić information content (AvgIpc) is 2.96. The minimum absolute atomic E-state index is 0.00669. The van der Waals surface area contributed by atoms with Gasteiger partial charge in [0.2, 0.25) is 0 Å². The van der Waals surface area contributed by atoms with E-state index in [9.17, 15) is 4.79 Å². The Morgan fingerprint density at radius 3 is 2.89 bits per heavy atom. The molecule has 0 amide bonds. The van der Waals surface area contributed by atoms with Gasteiger partial charge in [0.1, 0.15) is 12.9 Å². The smallest absolute Gasteiger partial charge is 0.306 e. The first-order valence-electron chi connectivity index (χ1n) is 6.75. The quantitative estimate of drug-likeness (QED) is 0.464. The Balaban J connectivity index is 1.40. The molecule has 4 nitrogen and oxygen atoms in total. The molecule has 0 bridgehead atoms. The lowest BCUT2D eigenvalue weighted by Gasteiger charge is -2.18. The van der Waals surface area contributed by atoms with E-state index in [1.807, 2.05) is 30.3 Å². The minimum Gasteiger partial charge on any atom is -0.459 e. The normalized spacial score (nSPS) is 29.3. The van der Waals surface area contributed by atoms with E-state index in [-0.39, 0.29) is 25.0 Å². The van der Waals surface area contributed by atoms with Gasteiger partial charge in [0, 0.05) is 5.92 Å². The Morgan fingerprint density at radius 1 is 1.21 bits per heavy atom. The van der Waals surface area contributed by atoms with Crippen LogP contribution >= 0.6 is 0 Å². The molecule has 0 radical (unpaired) electrons. The van der Waals surface area contributed by atoms with Gasteiger partial charge in [-0.1, -0.05) is 30.3 Å². The lowest BCUT2D eigenvalue weighted by molar-refractivity contribution is -0.155. The van der Waals surface area contributed by atoms with Crippen molar-refractivity contribution in [2.75, 3.05) is 6.79 Å². The highest BCUT2D eigenvalue weighted by Crippen LogP contribution is 2.38. The SMILES string of the molecule is O=C1C[C@H]2CC[C@H](OCOCc3ccccc3)[C@H]2O1. The zero-order valence-electron chi connectivity index (χ0n) is 10.8. The molecular weight excluding hydrogens is 244 g/mol. The fraction of sp³-hybridized carbons (Fsp3) is 0.533. The summed E-state index contributed by atoms with van der Waals surface area (Å²) in [5.41, 5.74) is 1.13. The van der Waals surface area contributed by atoms with Crippen LogP contribution in [0.4, 0.5) is 0 Å². The van der Waals surface area contributed by atoms with Crippen LogP contribution in [0.3, 0.4) is 0 Å². The van der Waals surface area contributed by atoms with Gasteiger partial charge in [-0.3, -0.25) is 4.79 Å². The fourth-order valence-corrected chi connectivity index (χ4v) is 2.86. The second-order valence-electron chi connectivity index (χ2n) is 5.15. The van der Waals surface area contributed by atoms with Crippen LogP contribution in [-0.4, -0.2) is 25.0 Å². The Bertz CT molecular complexity index is 431. The summed E-state index contributed by atoms with van der Waals surface area (Å²) < 4.78 is 16.5. The van der Waals surface area contributed by atoms with E-state index >= 15 is 0 Å². The average molecular weight is 262 g/mol. The Kier molecular flexibility index (Phi) is 3.80. The monoisotopic (exact) mass is 262 g/mol. The van der Waals surface area contributed by atoms with Crippen molar-refractivity contribution >= 4 is 5.97 Å². The van der Waals surface area contributed by atoms with Crippen molar-refractivity contribution in [3.05, 3.63) is 35.9 Å². The Labute approximate surface area is 112 Å². The van der Waals surface area contributed by atoms with Crippen molar-refractivity contribution in [1.82, 2.24) is 0 Å². The van der Waals surface area contributed by atoms with Gasteiger partial charge in [-0.15, -0.1) is 0 Å². The van der Waals surface area contributed by atoms with E-state index in [1.165, 1.54) is 0 Å². The molecule has 3 rings (SSSR count). The van der Waals surface area contributed by atoms with Gasteiger partial charge in [0.05, 0.1) is 19.1 Å². The van der Waals surface area contributed by atoms with E-state index in [2.05, 4.69) is 0 Å². The largest absolute Gasteiger partial charge is 0.459 e. The number of rotatable bonds is 5. The van der Waals surface area contributed by atoms with Crippen LogP contribution in [0, 0.1) is 5.92 Å². The number of hydrogen-bond donors (Lipinski definition) is 0. The first-order chi connectivity index (χ1) is 9.33. The maximum absolute atomic E-state index is 11.2. The zero-order valence-corrected chi connectivity index (χ0v) is 10.8. The number of benzene rings is 1. The van der Waals surface area contributed by atoms with E-state index in [4.69, 9.17) is 14.2 Å². The highest BCUT2D eigenvalue weighted by molar-refractivity contribution is 5.72. The number of carbonyl (C=O) groups is 1. The first-order valence-corrected chi connectivity index (χ1v) is 6.75. The third-order valence-corrected chi connectivity index (χ3v) is 3.83. The van der Waals surface area contributed by atoms with Crippen LogP contribution in [0.2, 0.25) is 0 Å². The molecule has 0 aromatic heterocycles. The third kappa shape index (κ3) is 2.96. The molecule has 1 aromatic carbocycles. The molecule has 102 valence electrons. The second-order valence-corrected chi connectivity index (χ2v) is 5.15. The molecule has 19 heavy (non-hydrogen) atoms. The Morgan fingerprint density at radius 2 is 2.05 bits per heavy atom. The summed E-state index contributed by atoms with van der Waals surface area (Å²) in [5, 5.41) is 0. The zero-order chi connectivity index (χ0) is 13.1. The number of esters is 1. The highest BCUT2D eigenvalue weighted by Gasteiger charge is 2.45. The van der Waals surface area contributed by atoms with E-state index < -0.39 is 0 Å². The summed E-state index contributed by atoms with van der Waals surface area (Å²) >= 11 is 0. The van der Waals surface area contributed by atoms with Crippen molar-refractivity contribution < 1.29 is 19.0 Å². The van der Waals surface area contributed by atoms with Crippen molar-refractivity contribution in [3.8, 4) is 0 Å². The number of ether oxygens (including phenoxy) is 3. The molecule has 0 N–H and O–H groups in total. The molecule has 1 saturated carbocycles. The molecule has 0 spiro atoms. The van der Waals surface area contributed by atoms with E-state index in [0.717, 1.165) is 18.4 Å². The van der Waals surface area contributed by atoms with Crippen LogP contribution in [0.25, 0.3) is 0 Å². The highest BCUT2D eigenvalue weighted by atomic mass is 16.7. The number of hydrogen-bond acceptors (Lipinski definition) is 4. The molecule has 1 saturated heterocycles. The van der Waals surface area contributed by atoms with Gasteiger partial charge in [-0.05, 0) is 18.4 Å². The van der Waals surface area contributed by atoms with Crippen molar-refractivity contribution in [2.45, 2.75) is 38.1 Å². The summed E-state index contributed by atoms with van der Waals surface area (Å²) in [6.07, 6.45) is 2.48. The lowest BCUT2D eigenvalue weighted by atomic mass is 10.1. The fourth-order valence-electron chi connectivity index (χ4n) is 2.86. The predicted molar refractivity (Wildman–Crippen MR) is 68.2 cm³/mol. The molecule has 4 heteroatoms. The van der Waals surface area contributed by atoms with Gasteiger partial charge in [0.25, 0.3) is 0 Å². The summed E-state index contributed by atoms with van der Waals surface area (Å²) in [4.78, 5) is 11.2. The summed E-state index contributed by atoms with van der Waals surface area (Å²) in [7, 11) is 0. The molecule has 1 aliphatic carbocycles. The maximum Gasteiger partial charge on any atom is 0.306 e. The standard InChI is InChI=1S/C15H18O4/c16-14-8-12-6-7-13(15(12)19-14)18-10-17-9-11-4-2-1-3-5-11/h1-5,12-13,15H,6-10H2/t12-,13+,15+/m1/s1. The summed E-state index contributed by atoms with van der Waals surface area (Å²) in [6.45, 7) is 0.793. The number of carbonyl (C=O) groups excluding carboxylic acids is 1. The molecule has 2 aliphatic rings. The van der Waals surface area contributed by atoms with E-state index in [1.54, 1.807) is 0 Å². The molecule has 0 unspecified atom stereocenters. The first kappa shape index (κ1) is 12.6. The second kappa shape index (κ2) is 5.72. The van der Waals surface area contributed by atoms with Gasteiger partial charge in [0.15, 0.2) is 0 Å². The third-order valence-electron chi connectivity index (χ3n) is 3.83. The van der Waals surface area contributed by atoms with Crippen LogP contribution in [0.15, 0.2) is 30.3 Å². The van der Waals surface area contributed by atoms with Gasteiger partial charge < -0.3 is 14.2 Å². The maximum atomic E-state index is 11.2. The molecular formula is C15H18O4. The van der Waals surface area contributed by atoms with Crippen LogP contribution in [-0.2, 0) is 25.6 Å². The summed E-state index contributed by atoms with van der Waals surface area (Å²) in [5.74, 6) is 0.264. The van der Waals surface area contributed by atoms with Crippen LogP contribution in [0.1, 0.15) is 24.8 Å². The van der Waals surface area contributed by atoms with E-state index in [0.29, 0.717) is 18.9 Å². The van der Waals surface area contributed by atoms with Crippen molar-refractivity contribution in [2.24, 2.45) is 5.92 Å². The molecule has 2 fully saturated rings. The number of fused-ring (bicyclic) bond motifs is 1. The van der Waals surface area contributed by atoms with Gasteiger partial charge >= 0.3 is 5.97 Å². The van der Waals surface area contributed by atoms with Crippen molar-refractivity contribution in [1.29, 1.82) is 0 Å². The molecule has 1 heterocycles. The minimum atomic E-state index is -0.0893. The van der Waals surface area contributed by atoms with Crippen LogP contribution < -0.4 is 0 Å². The van der Waals surface area contributed by atoms with Gasteiger partial charge in [-0.2, -0.15) is 0 Å². The topological polar surface area (TPSA) is 44.8 Å². The lowest BCUT2D eigenvalue weighted by Crippen LogP contribution is -2.27.